The fraction of sp³-hybridized carbons (Fsp3) is 0.846. The monoisotopic (exact) mass is 271 g/mol. The number of amides is 2. The summed E-state index contributed by atoms with van der Waals surface area (Å²) in [5, 5.41) is 5.84. The van der Waals surface area contributed by atoms with Gasteiger partial charge in [0.25, 0.3) is 0 Å². The highest BCUT2D eigenvalue weighted by Crippen LogP contribution is 1.99. The van der Waals surface area contributed by atoms with E-state index in [4.69, 9.17) is 4.74 Å². The molecule has 2 amide bonds. The number of nitrogens with one attached hydrogen (secondary N) is 2. The van der Waals surface area contributed by atoms with Gasteiger partial charge in [0.15, 0.2) is 0 Å². The molecule has 0 aromatic rings. The zero-order valence-electron chi connectivity index (χ0n) is 12.1. The van der Waals surface area contributed by atoms with Crippen molar-refractivity contribution in [3.8, 4) is 0 Å². The first kappa shape index (κ1) is 15.9. The van der Waals surface area contributed by atoms with Crippen LogP contribution in [0.4, 0.5) is 0 Å². The number of morpholine rings is 1. The van der Waals surface area contributed by atoms with Crippen LogP contribution < -0.4 is 10.6 Å². The number of hydrogen-bond donors (Lipinski definition) is 2. The summed E-state index contributed by atoms with van der Waals surface area (Å²) in [6.07, 6.45) is 0.419. The van der Waals surface area contributed by atoms with Crippen LogP contribution in [0.1, 0.15) is 27.2 Å². The summed E-state index contributed by atoms with van der Waals surface area (Å²) in [7, 11) is 0. The highest BCUT2D eigenvalue weighted by molar-refractivity contribution is 5.79. The molecule has 6 nitrogen and oxygen atoms in total. The van der Waals surface area contributed by atoms with E-state index in [1.54, 1.807) is 4.90 Å². The van der Waals surface area contributed by atoms with Gasteiger partial charge in [0.2, 0.25) is 11.8 Å². The van der Waals surface area contributed by atoms with E-state index in [0.29, 0.717) is 39.3 Å². The van der Waals surface area contributed by atoms with Gasteiger partial charge in [-0.1, -0.05) is 0 Å². The minimum absolute atomic E-state index is 0.0497. The van der Waals surface area contributed by atoms with Crippen molar-refractivity contribution in [2.24, 2.45) is 0 Å². The predicted molar refractivity (Wildman–Crippen MR) is 72.8 cm³/mol. The molecule has 1 aliphatic rings. The fourth-order valence-corrected chi connectivity index (χ4v) is 1.83. The molecule has 19 heavy (non-hydrogen) atoms. The molecule has 0 aromatic heterocycles. The summed E-state index contributed by atoms with van der Waals surface area (Å²) in [4.78, 5) is 25.1. The number of carbonyl (C=O) groups is 2. The van der Waals surface area contributed by atoms with Crippen LogP contribution in [0.25, 0.3) is 0 Å². The van der Waals surface area contributed by atoms with Crippen molar-refractivity contribution in [1.82, 2.24) is 15.5 Å². The van der Waals surface area contributed by atoms with Crippen molar-refractivity contribution >= 4 is 11.8 Å². The summed E-state index contributed by atoms with van der Waals surface area (Å²) in [6, 6.07) is 0. The lowest BCUT2D eigenvalue weighted by Gasteiger charge is -2.27. The zero-order valence-corrected chi connectivity index (χ0v) is 12.1. The van der Waals surface area contributed by atoms with E-state index in [2.05, 4.69) is 10.6 Å². The van der Waals surface area contributed by atoms with Crippen LogP contribution in [0, 0.1) is 0 Å². The Bertz CT molecular complexity index is 307. The number of ether oxygens (including phenoxy) is 1. The Morgan fingerprint density at radius 1 is 1.21 bits per heavy atom. The molecule has 0 radical (unpaired) electrons. The molecule has 1 fully saturated rings. The summed E-state index contributed by atoms with van der Waals surface area (Å²) in [6.45, 7) is 9.15. The Kier molecular flexibility index (Phi) is 6.24. The van der Waals surface area contributed by atoms with Crippen molar-refractivity contribution in [3.63, 3.8) is 0 Å². The molecule has 0 aliphatic carbocycles. The van der Waals surface area contributed by atoms with Gasteiger partial charge in [0.1, 0.15) is 0 Å². The van der Waals surface area contributed by atoms with Crippen molar-refractivity contribution in [2.45, 2.75) is 32.7 Å². The molecule has 1 rings (SSSR count). The molecule has 1 heterocycles. The molecule has 6 heteroatoms. The molecule has 1 saturated heterocycles. The van der Waals surface area contributed by atoms with Gasteiger partial charge in [-0.25, -0.2) is 0 Å². The minimum Gasteiger partial charge on any atom is -0.378 e. The zero-order chi connectivity index (χ0) is 14.3. The maximum absolute atomic E-state index is 11.8. The lowest BCUT2D eigenvalue weighted by atomic mass is 10.1. The molecule has 110 valence electrons. The van der Waals surface area contributed by atoms with Crippen LogP contribution in [0.2, 0.25) is 0 Å². The Morgan fingerprint density at radius 2 is 1.84 bits per heavy atom. The highest BCUT2D eigenvalue weighted by Gasteiger charge is 2.16. The number of nitrogens with zero attached hydrogens (tertiary/aromatic N) is 1. The van der Waals surface area contributed by atoms with Gasteiger partial charge < -0.3 is 20.3 Å². The summed E-state index contributed by atoms with van der Waals surface area (Å²) in [5.41, 5.74) is -0.220. The quantitative estimate of drug-likeness (QED) is 0.676. The van der Waals surface area contributed by atoms with E-state index in [9.17, 15) is 9.59 Å². The fourth-order valence-electron chi connectivity index (χ4n) is 1.83. The summed E-state index contributed by atoms with van der Waals surface area (Å²) in [5.74, 6) is 0.0679. The average Bonchev–Trinajstić information content (AvgIpc) is 2.33. The van der Waals surface area contributed by atoms with Crippen LogP contribution >= 0.6 is 0 Å². The number of rotatable bonds is 5. The third kappa shape index (κ3) is 7.12. The second-order valence-corrected chi connectivity index (χ2v) is 5.72. The standard InChI is InChI=1S/C13H25N3O3/c1-13(2,3)15-11(17)10-14-5-4-12(18)16-6-8-19-9-7-16/h14H,4-10H2,1-3H3,(H,15,17). The maximum Gasteiger partial charge on any atom is 0.234 e. The normalized spacial score (nSPS) is 16.3. The molecular formula is C13H25N3O3. The third-order valence-electron chi connectivity index (χ3n) is 2.68. The number of carbonyl (C=O) groups excluding carboxylic acids is 2. The lowest BCUT2D eigenvalue weighted by molar-refractivity contribution is -0.135. The summed E-state index contributed by atoms with van der Waals surface area (Å²) >= 11 is 0. The first-order chi connectivity index (χ1) is 8.88. The van der Waals surface area contributed by atoms with E-state index in [-0.39, 0.29) is 23.9 Å². The van der Waals surface area contributed by atoms with Crippen molar-refractivity contribution < 1.29 is 14.3 Å². The maximum atomic E-state index is 11.8. The third-order valence-corrected chi connectivity index (χ3v) is 2.68. The molecule has 0 unspecified atom stereocenters. The van der Waals surface area contributed by atoms with Gasteiger partial charge in [-0.15, -0.1) is 0 Å². The van der Waals surface area contributed by atoms with Crippen molar-refractivity contribution in [1.29, 1.82) is 0 Å². The van der Waals surface area contributed by atoms with Gasteiger partial charge in [-0.3, -0.25) is 9.59 Å². The van der Waals surface area contributed by atoms with E-state index in [1.165, 1.54) is 0 Å². The molecule has 0 atom stereocenters. The van der Waals surface area contributed by atoms with E-state index in [1.807, 2.05) is 20.8 Å². The second-order valence-electron chi connectivity index (χ2n) is 5.72. The Hall–Kier alpha value is -1.14. The lowest BCUT2D eigenvalue weighted by Crippen LogP contribution is -2.45. The first-order valence-corrected chi connectivity index (χ1v) is 6.76. The van der Waals surface area contributed by atoms with Crippen LogP contribution in [0.3, 0.4) is 0 Å². The predicted octanol–water partition coefficient (Wildman–Crippen LogP) is -0.260. The first-order valence-electron chi connectivity index (χ1n) is 6.76. The molecular weight excluding hydrogens is 246 g/mol. The Morgan fingerprint density at radius 3 is 2.42 bits per heavy atom. The minimum atomic E-state index is -0.220. The van der Waals surface area contributed by atoms with Crippen LogP contribution in [-0.4, -0.2) is 61.6 Å². The van der Waals surface area contributed by atoms with E-state index in [0.717, 1.165) is 0 Å². The second kappa shape index (κ2) is 7.45. The summed E-state index contributed by atoms with van der Waals surface area (Å²) < 4.78 is 5.19. The molecule has 0 bridgehead atoms. The van der Waals surface area contributed by atoms with Gasteiger partial charge in [-0.2, -0.15) is 0 Å². The van der Waals surface area contributed by atoms with Crippen molar-refractivity contribution in [2.75, 3.05) is 39.4 Å². The molecule has 0 spiro atoms. The number of hydrogen-bond acceptors (Lipinski definition) is 4. The van der Waals surface area contributed by atoms with Crippen molar-refractivity contribution in [3.05, 3.63) is 0 Å². The highest BCUT2D eigenvalue weighted by atomic mass is 16.5. The van der Waals surface area contributed by atoms with E-state index < -0.39 is 0 Å². The Balaban J connectivity index is 2.10. The smallest absolute Gasteiger partial charge is 0.234 e. The van der Waals surface area contributed by atoms with Gasteiger partial charge in [0.05, 0.1) is 19.8 Å². The average molecular weight is 271 g/mol. The van der Waals surface area contributed by atoms with Crippen LogP contribution in [-0.2, 0) is 14.3 Å². The van der Waals surface area contributed by atoms with Gasteiger partial charge >= 0.3 is 0 Å². The van der Waals surface area contributed by atoms with Crippen LogP contribution in [0.15, 0.2) is 0 Å². The molecule has 2 N–H and O–H groups in total. The van der Waals surface area contributed by atoms with E-state index >= 15 is 0 Å². The van der Waals surface area contributed by atoms with Gasteiger partial charge in [0, 0.05) is 31.6 Å². The van der Waals surface area contributed by atoms with Gasteiger partial charge in [-0.05, 0) is 20.8 Å². The Labute approximate surface area is 114 Å². The SMILES string of the molecule is CC(C)(C)NC(=O)CNCCC(=O)N1CCOCC1. The van der Waals surface area contributed by atoms with Crippen LogP contribution in [0.5, 0.6) is 0 Å². The molecule has 1 aliphatic heterocycles. The topological polar surface area (TPSA) is 70.7 Å². The molecule has 0 aromatic carbocycles. The largest absolute Gasteiger partial charge is 0.378 e. The molecule has 0 saturated carbocycles.